The first-order valence-electron chi connectivity index (χ1n) is 8.35. The Morgan fingerprint density at radius 1 is 1.03 bits per heavy atom. The fourth-order valence-electron chi connectivity index (χ4n) is 1.89. The molecule has 0 spiro atoms. The van der Waals surface area contributed by atoms with Crippen molar-refractivity contribution in [3.05, 3.63) is 40.2 Å². The minimum Gasteiger partial charge on any atom is -0.506 e. The zero-order chi connectivity index (χ0) is 23.4. The van der Waals surface area contributed by atoms with Crippen LogP contribution in [0.3, 0.4) is 0 Å². The van der Waals surface area contributed by atoms with E-state index in [4.69, 9.17) is 4.74 Å². The van der Waals surface area contributed by atoms with Crippen LogP contribution in [0.5, 0.6) is 0 Å². The Labute approximate surface area is 168 Å². The van der Waals surface area contributed by atoms with Crippen LogP contribution in [0.4, 0.5) is 26.7 Å². The van der Waals surface area contributed by atoms with Crippen molar-refractivity contribution in [3.63, 3.8) is 0 Å². The van der Waals surface area contributed by atoms with Gasteiger partial charge in [0.1, 0.15) is 16.9 Å². The Kier molecular flexibility index (Phi) is 7.91. The molecule has 0 bridgehead atoms. The van der Waals surface area contributed by atoms with Crippen molar-refractivity contribution in [3.8, 4) is 0 Å². The van der Waals surface area contributed by atoms with E-state index in [2.05, 4.69) is 9.84 Å². The molecular weight excluding hydrogens is 419 g/mol. The second-order valence-corrected chi connectivity index (χ2v) is 6.68. The van der Waals surface area contributed by atoms with E-state index in [1.165, 1.54) is 6.92 Å². The van der Waals surface area contributed by atoms with Crippen molar-refractivity contribution in [2.24, 2.45) is 5.10 Å². The fourth-order valence-corrected chi connectivity index (χ4v) is 1.89. The molecule has 1 rings (SSSR count). The molecular formula is C18H19F5N2O5. The second-order valence-electron chi connectivity index (χ2n) is 6.68. The molecule has 0 unspecified atom stereocenters. The summed E-state index contributed by atoms with van der Waals surface area (Å²) in [5.74, 6) is -14.9. The molecule has 0 saturated carbocycles. The summed E-state index contributed by atoms with van der Waals surface area (Å²) in [6, 6.07) is 0. The summed E-state index contributed by atoms with van der Waals surface area (Å²) < 4.78 is 77.6. The number of amides is 1. The van der Waals surface area contributed by atoms with E-state index in [-0.39, 0.29) is 6.61 Å². The standard InChI is InChI=1S/C18H19F5N2O5/c1-6-29-16(27)8(7-24-25(5)17(28)30-18(2,3)4)15(26)9-10(19)12(21)14(23)13(22)11(9)20/h7,26H,6H2,1-5H3. The zero-order valence-corrected chi connectivity index (χ0v) is 16.6. The van der Waals surface area contributed by atoms with Crippen molar-refractivity contribution in [1.82, 2.24) is 5.01 Å². The summed E-state index contributed by atoms with van der Waals surface area (Å²) >= 11 is 0. The van der Waals surface area contributed by atoms with Gasteiger partial charge in [-0.25, -0.2) is 36.6 Å². The molecule has 1 amide bonds. The lowest BCUT2D eigenvalue weighted by atomic mass is 10.1. The number of nitrogens with zero attached hydrogens (tertiary/aromatic N) is 2. The summed E-state index contributed by atoms with van der Waals surface area (Å²) in [5, 5.41) is 14.2. The maximum absolute atomic E-state index is 14.0. The number of carbonyl (C=O) groups excluding carboxylic acids is 2. The van der Waals surface area contributed by atoms with Crippen LogP contribution in [0.15, 0.2) is 10.7 Å². The van der Waals surface area contributed by atoms with Gasteiger partial charge in [-0.05, 0) is 27.7 Å². The Morgan fingerprint density at radius 2 is 1.50 bits per heavy atom. The van der Waals surface area contributed by atoms with Gasteiger partial charge in [0.25, 0.3) is 0 Å². The molecule has 166 valence electrons. The summed E-state index contributed by atoms with van der Waals surface area (Å²) in [6.07, 6.45) is -0.548. The Balaban J connectivity index is 3.54. The SMILES string of the molecule is CCOC(=O)C(C=NN(C)C(=O)OC(C)(C)C)=C(O)c1c(F)c(F)c(F)c(F)c1F. The van der Waals surface area contributed by atoms with Gasteiger partial charge in [-0.1, -0.05) is 0 Å². The molecule has 0 aliphatic heterocycles. The molecule has 1 N–H and O–H groups in total. The molecule has 0 heterocycles. The summed E-state index contributed by atoms with van der Waals surface area (Å²) in [4.78, 5) is 23.9. The number of hydrogen-bond acceptors (Lipinski definition) is 6. The number of hydrogen-bond donors (Lipinski definition) is 1. The van der Waals surface area contributed by atoms with E-state index < -0.39 is 63.6 Å². The first-order valence-corrected chi connectivity index (χ1v) is 8.35. The number of aliphatic hydroxyl groups excluding tert-OH is 1. The largest absolute Gasteiger partial charge is 0.506 e. The monoisotopic (exact) mass is 438 g/mol. The minimum absolute atomic E-state index is 0.261. The van der Waals surface area contributed by atoms with Gasteiger partial charge in [-0.2, -0.15) is 5.10 Å². The third-order valence-electron chi connectivity index (χ3n) is 3.21. The van der Waals surface area contributed by atoms with Crippen LogP contribution in [-0.4, -0.2) is 47.6 Å². The van der Waals surface area contributed by atoms with Crippen molar-refractivity contribution >= 4 is 24.0 Å². The lowest BCUT2D eigenvalue weighted by molar-refractivity contribution is -0.137. The molecule has 0 aliphatic rings. The van der Waals surface area contributed by atoms with Crippen LogP contribution < -0.4 is 0 Å². The molecule has 7 nitrogen and oxygen atoms in total. The highest BCUT2D eigenvalue weighted by molar-refractivity contribution is 6.15. The highest BCUT2D eigenvalue weighted by Gasteiger charge is 2.31. The van der Waals surface area contributed by atoms with Gasteiger partial charge in [-0.15, -0.1) is 0 Å². The van der Waals surface area contributed by atoms with Crippen LogP contribution in [0.2, 0.25) is 0 Å². The average molecular weight is 438 g/mol. The number of hydrazone groups is 1. The number of carbonyl (C=O) groups is 2. The molecule has 12 heteroatoms. The minimum atomic E-state index is -2.45. The zero-order valence-electron chi connectivity index (χ0n) is 16.6. The predicted molar refractivity (Wildman–Crippen MR) is 94.9 cm³/mol. The van der Waals surface area contributed by atoms with Crippen LogP contribution in [0.25, 0.3) is 5.76 Å². The third kappa shape index (κ3) is 5.67. The van der Waals surface area contributed by atoms with Crippen molar-refractivity contribution in [1.29, 1.82) is 0 Å². The topological polar surface area (TPSA) is 88.4 Å². The second kappa shape index (κ2) is 9.55. The van der Waals surface area contributed by atoms with Gasteiger partial charge in [-0.3, -0.25) is 0 Å². The molecule has 0 radical (unpaired) electrons. The number of benzene rings is 1. The van der Waals surface area contributed by atoms with Crippen LogP contribution in [0, 0.1) is 29.1 Å². The van der Waals surface area contributed by atoms with Gasteiger partial charge in [0, 0.05) is 7.05 Å². The summed E-state index contributed by atoms with van der Waals surface area (Å²) in [5.41, 5.74) is -3.74. The fraction of sp³-hybridized carbons (Fsp3) is 0.389. The first-order chi connectivity index (χ1) is 13.7. The van der Waals surface area contributed by atoms with E-state index >= 15 is 0 Å². The van der Waals surface area contributed by atoms with E-state index in [0.29, 0.717) is 11.2 Å². The number of ether oxygens (including phenoxy) is 2. The number of aliphatic hydroxyl groups is 1. The Bertz CT molecular complexity index is 880. The molecule has 0 fully saturated rings. The van der Waals surface area contributed by atoms with Crippen molar-refractivity contribution < 1.29 is 46.1 Å². The maximum atomic E-state index is 14.0. The molecule has 0 aliphatic carbocycles. The van der Waals surface area contributed by atoms with E-state index in [1.807, 2.05) is 0 Å². The van der Waals surface area contributed by atoms with Gasteiger partial charge in [0.2, 0.25) is 5.82 Å². The molecule has 30 heavy (non-hydrogen) atoms. The maximum Gasteiger partial charge on any atom is 0.430 e. The predicted octanol–water partition coefficient (Wildman–Crippen LogP) is 4.07. The first kappa shape index (κ1) is 24.9. The Hall–Kier alpha value is -3.18. The molecule has 0 aromatic heterocycles. The van der Waals surface area contributed by atoms with Crippen LogP contribution in [-0.2, 0) is 14.3 Å². The van der Waals surface area contributed by atoms with Gasteiger partial charge >= 0.3 is 12.1 Å². The summed E-state index contributed by atoms with van der Waals surface area (Å²) in [7, 11) is 1.09. The van der Waals surface area contributed by atoms with Crippen molar-refractivity contribution in [2.45, 2.75) is 33.3 Å². The smallest absolute Gasteiger partial charge is 0.430 e. The Morgan fingerprint density at radius 3 is 1.93 bits per heavy atom. The molecule has 1 aromatic carbocycles. The molecule has 0 saturated heterocycles. The number of halogens is 5. The van der Waals surface area contributed by atoms with Gasteiger partial charge < -0.3 is 14.6 Å². The lowest BCUT2D eigenvalue weighted by Gasteiger charge is -2.22. The summed E-state index contributed by atoms with van der Waals surface area (Å²) in [6.45, 7) is 5.77. The van der Waals surface area contributed by atoms with E-state index in [0.717, 1.165) is 7.05 Å². The molecule has 1 aromatic rings. The average Bonchev–Trinajstić information content (AvgIpc) is 2.63. The van der Waals surface area contributed by atoms with Gasteiger partial charge in [0.15, 0.2) is 23.3 Å². The normalized spacial score (nSPS) is 12.6. The van der Waals surface area contributed by atoms with Gasteiger partial charge in [0.05, 0.1) is 18.4 Å². The highest BCUT2D eigenvalue weighted by atomic mass is 19.2. The van der Waals surface area contributed by atoms with Crippen molar-refractivity contribution in [2.75, 3.05) is 13.7 Å². The lowest BCUT2D eigenvalue weighted by Crippen LogP contribution is -2.31. The van der Waals surface area contributed by atoms with E-state index in [1.54, 1.807) is 20.8 Å². The third-order valence-corrected chi connectivity index (χ3v) is 3.21. The molecule has 0 atom stereocenters. The number of esters is 1. The van der Waals surface area contributed by atoms with Crippen LogP contribution in [0.1, 0.15) is 33.3 Å². The number of rotatable bonds is 5. The highest BCUT2D eigenvalue weighted by Crippen LogP contribution is 2.29. The quantitative estimate of drug-likeness (QED) is 0.109. The van der Waals surface area contributed by atoms with E-state index in [9.17, 15) is 36.6 Å². The van der Waals surface area contributed by atoms with Crippen LogP contribution >= 0.6 is 0 Å².